The predicted octanol–water partition coefficient (Wildman–Crippen LogP) is 5.05. The molecule has 0 aliphatic heterocycles. The molecule has 136 valence electrons. The lowest BCUT2D eigenvalue weighted by Crippen LogP contribution is -2.14. The molecule has 3 rings (SSSR count). The van der Waals surface area contributed by atoms with E-state index in [0.29, 0.717) is 11.1 Å². The monoisotopic (exact) mass is 360 g/mol. The van der Waals surface area contributed by atoms with Crippen molar-refractivity contribution in [1.29, 1.82) is 0 Å². The average molecular weight is 360 g/mol. The molecule has 0 saturated heterocycles. The second-order valence-electron chi connectivity index (χ2n) is 6.30. The maximum Gasteiger partial charge on any atom is 0.343 e. The number of ether oxygens (including phenoxy) is 2. The van der Waals surface area contributed by atoms with E-state index in [1.54, 1.807) is 48.5 Å². The van der Waals surface area contributed by atoms with Crippen molar-refractivity contribution < 1.29 is 19.1 Å². The summed E-state index contributed by atoms with van der Waals surface area (Å²) < 4.78 is 11.3. The van der Waals surface area contributed by atoms with Crippen molar-refractivity contribution in [3.8, 4) is 11.5 Å². The van der Waals surface area contributed by atoms with Crippen LogP contribution in [0, 0.1) is 20.8 Å². The Bertz CT molecular complexity index is 976. The number of carbonyl (C=O) groups excluding carboxylic acids is 2. The summed E-state index contributed by atoms with van der Waals surface area (Å²) >= 11 is 0. The number of aryl methyl sites for hydroxylation is 2. The Labute approximate surface area is 158 Å². The van der Waals surface area contributed by atoms with Gasteiger partial charge in [0.05, 0.1) is 11.1 Å². The van der Waals surface area contributed by atoms with Crippen LogP contribution >= 0.6 is 0 Å². The van der Waals surface area contributed by atoms with Crippen LogP contribution in [0.5, 0.6) is 11.5 Å². The van der Waals surface area contributed by atoms with E-state index >= 15 is 0 Å². The van der Waals surface area contributed by atoms with Crippen molar-refractivity contribution in [3.63, 3.8) is 0 Å². The topological polar surface area (TPSA) is 52.6 Å². The molecule has 0 aliphatic carbocycles. The molecule has 0 spiro atoms. The molecule has 0 aromatic heterocycles. The minimum atomic E-state index is -0.501. The summed E-state index contributed by atoms with van der Waals surface area (Å²) in [5.74, 6) is -0.471. The van der Waals surface area contributed by atoms with Gasteiger partial charge in [-0.25, -0.2) is 9.59 Å². The first-order chi connectivity index (χ1) is 13.0. The van der Waals surface area contributed by atoms with Crippen LogP contribution < -0.4 is 9.47 Å². The van der Waals surface area contributed by atoms with Crippen LogP contribution in [0.4, 0.5) is 0 Å². The smallest absolute Gasteiger partial charge is 0.343 e. The van der Waals surface area contributed by atoms with Crippen molar-refractivity contribution in [2.75, 3.05) is 0 Å². The second-order valence-corrected chi connectivity index (χ2v) is 6.30. The van der Waals surface area contributed by atoms with E-state index < -0.39 is 11.9 Å². The van der Waals surface area contributed by atoms with Crippen molar-refractivity contribution in [2.45, 2.75) is 20.8 Å². The minimum Gasteiger partial charge on any atom is -0.419 e. The minimum absolute atomic E-state index is 0.260. The van der Waals surface area contributed by atoms with Crippen LogP contribution in [0.2, 0.25) is 0 Å². The largest absolute Gasteiger partial charge is 0.419 e. The normalized spacial score (nSPS) is 10.3. The summed E-state index contributed by atoms with van der Waals surface area (Å²) in [6.07, 6.45) is 0. The summed E-state index contributed by atoms with van der Waals surface area (Å²) in [5, 5.41) is 0. The van der Waals surface area contributed by atoms with Gasteiger partial charge in [0.2, 0.25) is 0 Å². The van der Waals surface area contributed by atoms with E-state index in [-0.39, 0.29) is 11.5 Å². The van der Waals surface area contributed by atoms with Gasteiger partial charge in [0.25, 0.3) is 0 Å². The Morgan fingerprint density at radius 2 is 1.07 bits per heavy atom. The van der Waals surface area contributed by atoms with Gasteiger partial charge >= 0.3 is 11.9 Å². The molecule has 0 atom stereocenters. The lowest BCUT2D eigenvalue weighted by Gasteiger charge is -2.17. The molecule has 0 aliphatic rings. The molecule has 0 bridgehead atoms. The molecular weight excluding hydrogens is 340 g/mol. The molecule has 0 amide bonds. The van der Waals surface area contributed by atoms with Crippen LogP contribution in [-0.4, -0.2) is 11.9 Å². The third-order valence-corrected chi connectivity index (χ3v) is 4.34. The quantitative estimate of drug-likeness (QED) is 0.482. The van der Waals surface area contributed by atoms with E-state index in [4.69, 9.17) is 9.47 Å². The van der Waals surface area contributed by atoms with Gasteiger partial charge in [-0.1, -0.05) is 42.5 Å². The Morgan fingerprint density at radius 1 is 0.630 bits per heavy atom. The van der Waals surface area contributed by atoms with Crippen molar-refractivity contribution in [2.24, 2.45) is 0 Å². The molecule has 0 unspecified atom stereocenters. The number of hydrogen-bond donors (Lipinski definition) is 0. The summed E-state index contributed by atoms with van der Waals surface area (Å²) in [6, 6.07) is 19.3. The van der Waals surface area contributed by atoms with Gasteiger partial charge in [-0.15, -0.1) is 0 Å². The molecule has 3 aromatic rings. The second kappa shape index (κ2) is 7.87. The number of esters is 2. The standard InChI is InChI=1S/C23H20O4/c1-15-14-16(2)20(26-22(24)18-10-6-4-7-11-18)21(17(15)3)27-23(25)19-12-8-5-9-13-19/h4-14H,1-3H3. The highest BCUT2D eigenvalue weighted by molar-refractivity contribution is 5.93. The van der Waals surface area contributed by atoms with Gasteiger partial charge in [-0.3, -0.25) is 0 Å². The zero-order valence-electron chi connectivity index (χ0n) is 15.5. The van der Waals surface area contributed by atoms with Gasteiger partial charge in [-0.05, 0) is 61.7 Å². The highest BCUT2D eigenvalue weighted by Gasteiger charge is 2.21. The summed E-state index contributed by atoms with van der Waals surface area (Å²) in [7, 11) is 0. The van der Waals surface area contributed by atoms with E-state index in [1.165, 1.54) is 0 Å². The Morgan fingerprint density at radius 3 is 1.56 bits per heavy atom. The molecule has 4 nitrogen and oxygen atoms in total. The molecule has 0 radical (unpaired) electrons. The Balaban J connectivity index is 1.97. The van der Waals surface area contributed by atoms with E-state index in [2.05, 4.69) is 0 Å². The fourth-order valence-electron chi connectivity index (χ4n) is 2.73. The zero-order chi connectivity index (χ0) is 19.4. The molecule has 0 N–H and O–H groups in total. The predicted molar refractivity (Wildman–Crippen MR) is 103 cm³/mol. The molecule has 3 aromatic carbocycles. The molecule has 0 saturated carbocycles. The molecular formula is C23H20O4. The third kappa shape index (κ3) is 4.06. The lowest BCUT2D eigenvalue weighted by atomic mass is 10.0. The van der Waals surface area contributed by atoms with Crippen molar-refractivity contribution in [3.05, 3.63) is 94.5 Å². The number of rotatable bonds is 4. The summed E-state index contributed by atoms with van der Waals surface area (Å²) in [4.78, 5) is 25.0. The first-order valence-electron chi connectivity index (χ1n) is 8.62. The van der Waals surface area contributed by atoms with Crippen molar-refractivity contribution >= 4 is 11.9 Å². The van der Waals surface area contributed by atoms with Crippen LogP contribution in [0.25, 0.3) is 0 Å². The van der Waals surface area contributed by atoms with Gasteiger partial charge in [0.1, 0.15) is 0 Å². The zero-order valence-corrected chi connectivity index (χ0v) is 15.5. The number of benzene rings is 3. The molecule has 4 heteroatoms. The first kappa shape index (κ1) is 18.4. The molecule has 0 heterocycles. The molecule has 27 heavy (non-hydrogen) atoms. The first-order valence-corrected chi connectivity index (χ1v) is 8.62. The van der Waals surface area contributed by atoms with E-state index in [1.807, 2.05) is 39.0 Å². The molecule has 0 fully saturated rings. The highest BCUT2D eigenvalue weighted by Crippen LogP contribution is 2.37. The van der Waals surface area contributed by atoms with Crippen LogP contribution in [0.15, 0.2) is 66.7 Å². The number of carbonyl (C=O) groups is 2. The van der Waals surface area contributed by atoms with E-state index in [0.717, 1.165) is 16.7 Å². The van der Waals surface area contributed by atoms with Crippen LogP contribution in [0.1, 0.15) is 37.4 Å². The summed E-state index contributed by atoms with van der Waals surface area (Å²) in [5.41, 5.74) is 3.27. The highest BCUT2D eigenvalue weighted by atomic mass is 16.6. The maximum absolute atomic E-state index is 12.5. The fraction of sp³-hybridized carbons (Fsp3) is 0.130. The van der Waals surface area contributed by atoms with E-state index in [9.17, 15) is 9.59 Å². The van der Waals surface area contributed by atoms with Crippen LogP contribution in [0.3, 0.4) is 0 Å². The third-order valence-electron chi connectivity index (χ3n) is 4.34. The fourth-order valence-corrected chi connectivity index (χ4v) is 2.73. The maximum atomic E-state index is 12.5. The van der Waals surface area contributed by atoms with Crippen LogP contribution in [-0.2, 0) is 0 Å². The lowest BCUT2D eigenvalue weighted by molar-refractivity contribution is 0.0680. The Hall–Kier alpha value is -3.40. The SMILES string of the molecule is Cc1cc(C)c(OC(=O)c2ccccc2)c(OC(=O)c2ccccc2)c1C. The van der Waals surface area contributed by atoms with Crippen molar-refractivity contribution in [1.82, 2.24) is 0 Å². The average Bonchev–Trinajstić information content (AvgIpc) is 2.69. The Kier molecular flexibility index (Phi) is 5.36. The van der Waals surface area contributed by atoms with Gasteiger partial charge in [0.15, 0.2) is 11.5 Å². The summed E-state index contributed by atoms with van der Waals surface area (Å²) in [6.45, 7) is 5.58. The number of hydrogen-bond acceptors (Lipinski definition) is 4. The van der Waals surface area contributed by atoms with Gasteiger partial charge in [0, 0.05) is 0 Å². The van der Waals surface area contributed by atoms with Gasteiger partial charge in [-0.2, -0.15) is 0 Å². The van der Waals surface area contributed by atoms with Gasteiger partial charge < -0.3 is 9.47 Å².